The largest absolute Gasteiger partial charge is 0.387 e. The van der Waals surface area contributed by atoms with Crippen molar-refractivity contribution in [2.45, 2.75) is 6.10 Å². The highest BCUT2D eigenvalue weighted by molar-refractivity contribution is 6.40. The Hall–Kier alpha value is -2.99. The van der Waals surface area contributed by atoms with Crippen molar-refractivity contribution in [2.75, 3.05) is 18.0 Å². The molecular weight excluding hydrogens is 323 g/mol. The molecule has 0 heterocycles. The van der Waals surface area contributed by atoms with E-state index < -0.39 is 23.7 Å². The Labute approximate surface area is 145 Å². The molecule has 0 aliphatic carbocycles. The maximum atomic E-state index is 13.2. The number of benzene rings is 2. The van der Waals surface area contributed by atoms with Crippen LogP contribution >= 0.6 is 0 Å². The van der Waals surface area contributed by atoms with Crippen molar-refractivity contribution in [1.29, 1.82) is 0 Å². The summed E-state index contributed by atoms with van der Waals surface area (Å²) in [5.41, 5.74) is 0.881. The maximum absolute atomic E-state index is 13.2. The third kappa shape index (κ3) is 4.99. The summed E-state index contributed by atoms with van der Waals surface area (Å²) in [6.45, 7) is 3.55. The van der Waals surface area contributed by atoms with E-state index in [2.05, 4.69) is 11.9 Å². The Morgan fingerprint density at radius 2 is 1.92 bits per heavy atom. The first kappa shape index (κ1) is 18.4. The van der Waals surface area contributed by atoms with Gasteiger partial charge in [0, 0.05) is 18.8 Å². The molecule has 0 radical (unpaired) electrons. The Morgan fingerprint density at radius 1 is 1.20 bits per heavy atom. The molecule has 1 atom stereocenters. The van der Waals surface area contributed by atoms with Gasteiger partial charge in [0.1, 0.15) is 5.82 Å². The van der Waals surface area contributed by atoms with E-state index in [1.165, 1.54) is 35.2 Å². The van der Waals surface area contributed by atoms with Crippen molar-refractivity contribution >= 4 is 17.5 Å². The van der Waals surface area contributed by atoms with E-state index in [1.54, 1.807) is 30.3 Å². The monoisotopic (exact) mass is 342 g/mol. The van der Waals surface area contributed by atoms with Gasteiger partial charge in [-0.05, 0) is 29.8 Å². The maximum Gasteiger partial charge on any atom is 0.316 e. The zero-order valence-corrected chi connectivity index (χ0v) is 13.6. The predicted molar refractivity (Wildman–Crippen MR) is 93.4 cm³/mol. The first-order valence-corrected chi connectivity index (χ1v) is 7.72. The zero-order chi connectivity index (χ0) is 18.2. The molecule has 0 saturated carbocycles. The summed E-state index contributed by atoms with van der Waals surface area (Å²) < 4.78 is 13.2. The Balaban J connectivity index is 2.01. The topological polar surface area (TPSA) is 69.6 Å². The minimum absolute atomic E-state index is 0.169. The highest BCUT2D eigenvalue weighted by Crippen LogP contribution is 2.15. The van der Waals surface area contributed by atoms with Crippen molar-refractivity contribution in [3.8, 4) is 0 Å². The van der Waals surface area contributed by atoms with E-state index in [1.807, 2.05) is 0 Å². The van der Waals surface area contributed by atoms with E-state index in [0.29, 0.717) is 11.3 Å². The third-order valence-corrected chi connectivity index (χ3v) is 3.51. The number of carbonyl (C=O) groups is 2. The summed E-state index contributed by atoms with van der Waals surface area (Å²) in [6.07, 6.45) is 0.400. The lowest BCUT2D eigenvalue weighted by Gasteiger charge is -2.21. The predicted octanol–water partition coefficient (Wildman–Crippen LogP) is 2.19. The SMILES string of the molecule is C=CCN(C(=O)C(=O)NCC(O)c1cccc(F)c1)c1ccccc1. The second kappa shape index (κ2) is 8.75. The number of hydrogen-bond donors (Lipinski definition) is 2. The van der Waals surface area contributed by atoms with Gasteiger partial charge in [-0.15, -0.1) is 6.58 Å². The van der Waals surface area contributed by atoms with Crippen LogP contribution in [0.15, 0.2) is 67.3 Å². The average molecular weight is 342 g/mol. The molecule has 2 rings (SSSR count). The van der Waals surface area contributed by atoms with Crippen LogP contribution in [0.5, 0.6) is 0 Å². The molecule has 2 N–H and O–H groups in total. The van der Waals surface area contributed by atoms with Gasteiger partial charge < -0.3 is 15.3 Å². The highest BCUT2D eigenvalue weighted by atomic mass is 19.1. The molecule has 5 nitrogen and oxygen atoms in total. The average Bonchev–Trinajstić information content (AvgIpc) is 2.64. The summed E-state index contributed by atoms with van der Waals surface area (Å²) in [4.78, 5) is 25.7. The fourth-order valence-corrected chi connectivity index (χ4v) is 2.26. The van der Waals surface area contributed by atoms with Crippen LogP contribution in [0.1, 0.15) is 11.7 Å². The number of aliphatic hydroxyl groups is 1. The van der Waals surface area contributed by atoms with E-state index in [-0.39, 0.29) is 13.1 Å². The number of aliphatic hydroxyl groups excluding tert-OH is 1. The van der Waals surface area contributed by atoms with Gasteiger partial charge in [-0.2, -0.15) is 0 Å². The van der Waals surface area contributed by atoms with Crippen molar-refractivity contribution < 1.29 is 19.1 Å². The molecule has 0 fully saturated rings. The molecule has 2 aromatic rings. The van der Waals surface area contributed by atoms with E-state index in [4.69, 9.17) is 0 Å². The molecule has 25 heavy (non-hydrogen) atoms. The molecule has 2 aromatic carbocycles. The molecule has 0 spiro atoms. The van der Waals surface area contributed by atoms with Gasteiger partial charge in [-0.1, -0.05) is 36.4 Å². The number of para-hydroxylation sites is 1. The highest BCUT2D eigenvalue weighted by Gasteiger charge is 2.23. The molecule has 0 aliphatic rings. The third-order valence-electron chi connectivity index (χ3n) is 3.51. The van der Waals surface area contributed by atoms with Gasteiger partial charge in [-0.25, -0.2) is 4.39 Å². The lowest BCUT2D eigenvalue weighted by Crippen LogP contribution is -2.44. The van der Waals surface area contributed by atoms with Crippen LogP contribution < -0.4 is 10.2 Å². The molecule has 1 unspecified atom stereocenters. The number of anilines is 1. The number of nitrogens with one attached hydrogen (secondary N) is 1. The molecule has 2 amide bonds. The second-order valence-electron chi connectivity index (χ2n) is 5.32. The second-order valence-corrected chi connectivity index (χ2v) is 5.32. The van der Waals surface area contributed by atoms with Gasteiger partial charge in [0.05, 0.1) is 6.10 Å². The molecule has 0 aliphatic heterocycles. The summed E-state index contributed by atoms with van der Waals surface area (Å²) >= 11 is 0. The molecule has 6 heteroatoms. The number of amides is 2. The van der Waals surface area contributed by atoms with Crippen molar-refractivity contribution in [2.24, 2.45) is 0 Å². The lowest BCUT2D eigenvalue weighted by molar-refractivity contribution is -0.137. The Bertz CT molecular complexity index is 749. The van der Waals surface area contributed by atoms with Crippen LogP contribution in [-0.4, -0.2) is 30.0 Å². The Kier molecular flexibility index (Phi) is 6.42. The number of halogens is 1. The number of rotatable bonds is 6. The van der Waals surface area contributed by atoms with Gasteiger partial charge in [-0.3, -0.25) is 9.59 Å². The fourth-order valence-electron chi connectivity index (χ4n) is 2.26. The number of hydrogen-bond acceptors (Lipinski definition) is 3. The summed E-state index contributed by atoms with van der Waals surface area (Å²) in [7, 11) is 0. The smallest absolute Gasteiger partial charge is 0.316 e. The van der Waals surface area contributed by atoms with Crippen molar-refractivity contribution in [3.63, 3.8) is 0 Å². The van der Waals surface area contributed by atoms with Crippen LogP contribution in [0.25, 0.3) is 0 Å². The Morgan fingerprint density at radius 3 is 2.56 bits per heavy atom. The molecule has 0 saturated heterocycles. The zero-order valence-electron chi connectivity index (χ0n) is 13.6. The molecular formula is C19H19FN2O3. The van der Waals surface area contributed by atoms with Gasteiger partial charge in [0.25, 0.3) is 0 Å². The van der Waals surface area contributed by atoms with Crippen LogP contribution in [0, 0.1) is 5.82 Å². The van der Waals surface area contributed by atoms with Crippen molar-refractivity contribution in [1.82, 2.24) is 5.32 Å². The van der Waals surface area contributed by atoms with E-state index in [9.17, 15) is 19.1 Å². The van der Waals surface area contributed by atoms with E-state index >= 15 is 0 Å². The van der Waals surface area contributed by atoms with E-state index in [0.717, 1.165) is 0 Å². The first-order valence-electron chi connectivity index (χ1n) is 7.72. The van der Waals surface area contributed by atoms with Crippen LogP contribution in [0.3, 0.4) is 0 Å². The summed E-state index contributed by atoms with van der Waals surface area (Å²) in [6, 6.07) is 14.1. The van der Waals surface area contributed by atoms with Crippen LogP contribution in [0.2, 0.25) is 0 Å². The molecule has 130 valence electrons. The summed E-state index contributed by atoms with van der Waals surface area (Å²) in [5.74, 6) is -2.11. The van der Waals surface area contributed by atoms with Crippen LogP contribution in [0.4, 0.5) is 10.1 Å². The number of nitrogens with zero attached hydrogens (tertiary/aromatic N) is 1. The van der Waals surface area contributed by atoms with Gasteiger partial charge in [0.2, 0.25) is 0 Å². The molecule has 0 aromatic heterocycles. The summed E-state index contributed by atoms with van der Waals surface area (Å²) in [5, 5.41) is 12.4. The normalized spacial score (nSPS) is 11.4. The first-order chi connectivity index (χ1) is 12.0. The van der Waals surface area contributed by atoms with Crippen LogP contribution in [-0.2, 0) is 9.59 Å². The van der Waals surface area contributed by atoms with Crippen molar-refractivity contribution in [3.05, 3.63) is 78.6 Å². The molecule has 0 bridgehead atoms. The minimum atomic E-state index is -1.11. The fraction of sp³-hybridized carbons (Fsp3) is 0.158. The van der Waals surface area contributed by atoms with Gasteiger partial charge in [0.15, 0.2) is 0 Å². The lowest BCUT2D eigenvalue weighted by atomic mass is 10.1. The minimum Gasteiger partial charge on any atom is -0.387 e. The number of carbonyl (C=O) groups excluding carboxylic acids is 2. The standard InChI is InChI=1S/C19H19FN2O3/c1-2-11-22(16-9-4-3-5-10-16)19(25)18(24)21-13-17(23)14-7-6-8-15(20)12-14/h2-10,12,17,23H,1,11,13H2,(H,21,24). The quantitative estimate of drug-likeness (QED) is 0.625. The van der Waals surface area contributed by atoms with Gasteiger partial charge >= 0.3 is 11.8 Å².